The van der Waals surface area contributed by atoms with E-state index in [-0.39, 0.29) is 5.82 Å². The van der Waals surface area contributed by atoms with Crippen LogP contribution in [0.25, 0.3) is 0 Å². The van der Waals surface area contributed by atoms with Gasteiger partial charge in [0.1, 0.15) is 0 Å². The first kappa shape index (κ1) is 12.2. The Morgan fingerprint density at radius 2 is 1.61 bits per heavy atom. The van der Waals surface area contributed by atoms with Gasteiger partial charge in [0.25, 0.3) is 0 Å². The van der Waals surface area contributed by atoms with Gasteiger partial charge in [-0.2, -0.15) is 13.2 Å². The maximum absolute atomic E-state index is 12.3. The molecule has 0 bridgehead atoms. The molecule has 0 saturated carbocycles. The second-order valence-corrected chi connectivity index (χ2v) is 3.55. The number of anilines is 3. The number of nitrogens with zero attached hydrogens (tertiary/aromatic N) is 2. The predicted octanol–water partition coefficient (Wildman–Crippen LogP) is 2.82. The summed E-state index contributed by atoms with van der Waals surface area (Å²) < 4.78 is 36.8. The lowest BCUT2D eigenvalue weighted by atomic mass is 10.3. The number of rotatable bonds is 2. The number of halogens is 3. The van der Waals surface area contributed by atoms with Crippen LogP contribution in [-0.2, 0) is 6.18 Å². The molecule has 18 heavy (non-hydrogen) atoms. The minimum absolute atomic E-state index is 0.229. The first-order chi connectivity index (χ1) is 8.45. The van der Waals surface area contributed by atoms with Gasteiger partial charge in [0.15, 0.2) is 11.5 Å². The van der Waals surface area contributed by atoms with E-state index in [1.165, 1.54) is 6.07 Å². The summed E-state index contributed by atoms with van der Waals surface area (Å²) in [6.45, 7) is 0. The molecular weight excluding hydrogens is 245 g/mol. The third kappa shape index (κ3) is 2.88. The fourth-order valence-corrected chi connectivity index (χ4v) is 1.26. The maximum Gasteiger partial charge on any atom is 0.435 e. The fourth-order valence-electron chi connectivity index (χ4n) is 1.26. The smallest absolute Gasteiger partial charge is 0.399 e. The van der Waals surface area contributed by atoms with Crippen LogP contribution < -0.4 is 11.1 Å². The number of hydrogen-bond acceptors (Lipinski definition) is 4. The van der Waals surface area contributed by atoms with Crippen LogP contribution in [0.4, 0.5) is 30.4 Å². The molecule has 0 spiro atoms. The number of benzene rings is 1. The van der Waals surface area contributed by atoms with Crippen molar-refractivity contribution in [3.05, 3.63) is 42.1 Å². The quantitative estimate of drug-likeness (QED) is 0.809. The topological polar surface area (TPSA) is 63.8 Å². The van der Waals surface area contributed by atoms with Crippen molar-refractivity contribution < 1.29 is 13.2 Å². The lowest BCUT2D eigenvalue weighted by Gasteiger charge is -2.07. The van der Waals surface area contributed by atoms with Gasteiger partial charge in [0, 0.05) is 11.4 Å². The molecule has 0 atom stereocenters. The maximum atomic E-state index is 12.3. The zero-order chi connectivity index (χ0) is 13.2. The van der Waals surface area contributed by atoms with Crippen LogP contribution in [0.5, 0.6) is 0 Å². The molecule has 1 aromatic carbocycles. The molecule has 0 aliphatic carbocycles. The molecule has 2 aromatic rings. The van der Waals surface area contributed by atoms with Crippen LogP contribution in [0.2, 0.25) is 0 Å². The first-order valence-corrected chi connectivity index (χ1v) is 4.98. The summed E-state index contributed by atoms with van der Waals surface area (Å²) in [6.07, 6.45) is -4.48. The highest BCUT2D eigenvalue weighted by molar-refractivity contribution is 5.58. The highest BCUT2D eigenvalue weighted by Gasteiger charge is 2.32. The van der Waals surface area contributed by atoms with Gasteiger partial charge in [-0.05, 0) is 36.4 Å². The molecule has 3 N–H and O–H groups in total. The number of nitrogens with two attached hydrogens (primary N) is 1. The van der Waals surface area contributed by atoms with Gasteiger partial charge in [0.05, 0.1) is 0 Å². The van der Waals surface area contributed by atoms with E-state index in [1.807, 2.05) is 0 Å². The fraction of sp³-hybridized carbons (Fsp3) is 0.0909. The predicted molar refractivity (Wildman–Crippen MR) is 61.2 cm³/mol. The van der Waals surface area contributed by atoms with Crippen molar-refractivity contribution in [2.24, 2.45) is 0 Å². The second kappa shape index (κ2) is 4.52. The summed E-state index contributed by atoms with van der Waals surface area (Å²) in [4.78, 5) is 0. The zero-order valence-corrected chi connectivity index (χ0v) is 9.07. The van der Waals surface area contributed by atoms with Crippen LogP contribution in [0.3, 0.4) is 0 Å². The number of alkyl halides is 3. The number of nitrogen functional groups attached to an aromatic ring is 1. The van der Waals surface area contributed by atoms with Crippen LogP contribution in [0, 0.1) is 0 Å². The molecule has 2 rings (SSSR count). The standard InChI is InChI=1S/C11H9F3N4/c12-11(13,14)9-5-6-10(18-17-9)16-8-3-1-7(15)2-4-8/h1-6H,15H2,(H,16,18). The van der Waals surface area contributed by atoms with E-state index in [0.717, 1.165) is 6.07 Å². The van der Waals surface area contributed by atoms with E-state index in [4.69, 9.17) is 5.73 Å². The Balaban J connectivity index is 2.13. The van der Waals surface area contributed by atoms with E-state index in [1.54, 1.807) is 24.3 Å². The van der Waals surface area contributed by atoms with Crippen molar-refractivity contribution in [1.29, 1.82) is 0 Å². The zero-order valence-electron chi connectivity index (χ0n) is 9.07. The molecule has 0 aliphatic rings. The minimum Gasteiger partial charge on any atom is -0.399 e. The molecule has 1 heterocycles. The van der Waals surface area contributed by atoms with Crippen molar-refractivity contribution in [2.75, 3.05) is 11.1 Å². The Morgan fingerprint density at radius 1 is 0.944 bits per heavy atom. The summed E-state index contributed by atoms with van der Waals surface area (Å²) in [7, 11) is 0. The Bertz CT molecular complexity index is 519. The molecule has 0 amide bonds. The molecular formula is C11H9F3N4. The lowest BCUT2D eigenvalue weighted by Crippen LogP contribution is -2.09. The monoisotopic (exact) mass is 254 g/mol. The molecule has 0 aliphatic heterocycles. The first-order valence-electron chi connectivity index (χ1n) is 4.98. The normalized spacial score (nSPS) is 11.3. The van der Waals surface area contributed by atoms with E-state index < -0.39 is 11.9 Å². The molecule has 0 fully saturated rings. The average molecular weight is 254 g/mol. The van der Waals surface area contributed by atoms with Gasteiger partial charge in [-0.15, -0.1) is 10.2 Å². The molecule has 0 unspecified atom stereocenters. The van der Waals surface area contributed by atoms with Gasteiger partial charge in [-0.3, -0.25) is 0 Å². The second-order valence-electron chi connectivity index (χ2n) is 3.55. The molecule has 4 nitrogen and oxygen atoms in total. The van der Waals surface area contributed by atoms with Crippen LogP contribution >= 0.6 is 0 Å². The van der Waals surface area contributed by atoms with E-state index in [0.29, 0.717) is 11.4 Å². The Labute approximate surface area is 101 Å². The summed E-state index contributed by atoms with van der Waals surface area (Å²) in [5.41, 5.74) is 5.75. The minimum atomic E-state index is -4.48. The summed E-state index contributed by atoms with van der Waals surface area (Å²) in [5.74, 6) is 0.229. The van der Waals surface area contributed by atoms with E-state index in [2.05, 4.69) is 15.5 Å². The Morgan fingerprint density at radius 3 is 2.11 bits per heavy atom. The third-order valence-corrected chi connectivity index (χ3v) is 2.14. The van der Waals surface area contributed by atoms with Gasteiger partial charge in [-0.1, -0.05) is 0 Å². The Kier molecular flexibility index (Phi) is 3.05. The largest absolute Gasteiger partial charge is 0.435 e. The molecule has 0 saturated heterocycles. The van der Waals surface area contributed by atoms with Crippen LogP contribution in [0.15, 0.2) is 36.4 Å². The summed E-state index contributed by atoms with van der Waals surface area (Å²) in [5, 5.41) is 9.37. The highest BCUT2D eigenvalue weighted by atomic mass is 19.4. The van der Waals surface area contributed by atoms with Crippen LogP contribution in [0.1, 0.15) is 5.69 Å². The molecule has 7 heteroatoms. The summed E-state index contributed by atoms with van der Waals surface area (Å²) >= 11 is 0. The van der Waals surface area contributed by atoms with E-state index in [9.17, 15) is 13.2 Å². The van der Waals surface area contributed by atoms with Gasteiger partial charge in [-0.25, -0.2) is 0 Å². The van der Waals surface area contributed by atoms with Gasteiger partial charge in [0.2, 0.25) is 0 Å². The highest BCUT2D eigenvalue weighted by Crippen LogP contribution is 2.27. The van der Waals surface area contributed by atoms with Crippen molar-refractivity contribution >= 4 is 17.2 Å². The molecule has 94 valence electrons. The lowest BCUT2D eigenvalue weighted by molar-refractivity contribution is -0.141. The molecule has 0 radical (unpaired) electrons. The Hall–Kier alpha value is -2.31. The third-order valence-electron chi connectivity index (χ3n) is 2.14. The van der Waals surface area contributed by atoms with Gasteiger partial charge >= 0.3 is 6.18 Å². The van der Waals surface area contributed by atoms with Crippen molar-refractivity contribution in [3.63, 3.8) is 0 Å². The van der Waals surface area contributed by atoms with Crippen molar-refractivity contribution in [3.8, 4) is 0 Å². The SMILES string of the molecule is Nc1ccc(Nc2ccc(C(F)(F)F)nn2)cc1. The van der Waals surface area contributed by atoms with Crippen molar-refractivity contribution in [2.45, 2.75) is 6.18 Å². The number of nitrogens with one attached hydrogen (secondary N) is 1. The van der Waals surface area contributed by atoms with Crippen LogP contribution in [-0.4, -0.2) is 10.2 Å². The number of hydrogen-bond donors (Lipinski definition) is 2. The summed E-state index contributed by atoms with van der Waals surface area (Å²) in [6, 6.07) is 8.79. The average Bonchev–Trinajstić information content (AvgIpc) is 2.32. The molecule has 1 aromatic heterocycles. The van der Waals surface area contributed by atoms with Gasteiger partial charge < -0.3 is 11.1 Å². The number of aromatic nitrogens is 2. The van der Waals surface area contributed by atoms with E-state index >= 15 is 0 Å². The van der Waals surface area contributed by atoms with Crippen molar-refractivity contribution in [1.82, 2.24) is 10.2 Å².